The SMILES string of the molecule is Cc1cc(-n2[nH]c(C3CCCC3)c(N)c2=O)ncn1. The van der Waals surface area contributed by atoms with Gasteiger partial charge in [0.15, 0.2) is 5.82 Å². The van der Waals surface area contributed by atoms with Gasteiger partial charge in [0.05, 0.1) is 5.69 Å². The molecule has 0 radical (unpaired) electrons. The van der Waals surface area contributed by atoms with Crippen LogP contribution in [0.15, 0.2) is 17.2 Å². The van der Waals surface area contributed by atoms with Crippen molar-refractivity contribution >= 4 is 5.69 Å². The van der Waals surface area contributed by atoms with E-state index in [1.54, 1.807) is 6.07 Å². The largest absolute Gasteiger partial charge is 0.393 e. The highest BCUT2D eigenvalue weighted by Crippen LogP contribution is 2.34. The second kappa shape index (κ2) is 4.53. The summed E-state index contributed by atoms with van der Waals surface area (Å²) in [5.74, 6) is 0.908. The number of aromatic amines is 1. The van der Waals surface area contributed by atoms with Crippen LogP contribution in [0.5, 0.6) is 0 Å². The third-order valence-corrected chi connectivity index (χ3v) is 3.74. The Balaban J connectivity index is 2.08. The fourth-order valence-corrected chi connectivity index (χ4v) is 2.72. The smallest absolute Gasteiger partial charge is 0.296 e. The van der Waals surface area contributed by atoms with Crippen molar-refractivity contribution in [2.24, 2.45) is 0 Å². The Hall–Kier alpha value is -2.11. The average Bonchev–Trinajstić information content (AvgIpc) is 3.00. The van der Waals surface area contributed by atoms with Crippen LogP contribution in [0, 0.1) is 6.92 Å². The Morgan fingerprint density at radius 3 is 2.79 bits per heavy atom. The van der Waals surface area contributed by atoms with Crippen molar-refractivity contribution < 1.29 is 0 Å². The number of H-pyrrole nitrogens is 1. The Bertz CT molecular complexity index is 651. The normalized spacial score (nSPS) is 16.1. The molecule has 19 heavy (non-hydrogen) atoms. The summed E-state index contributed by atoms with van der Waals surface area (Å²) in [4.78, 5) is 20.4. The van der Waals surface area contributed by atoms with E-state index in [-0.39, 0.29) is 5.56 Å². The van der Waals surface area contributed by atoms with Crippen molar-refractivity contribution in [1.82, 2.24) is 19.7 Å². The topological polar surface area (TPSA) is 89.6 Å². The molecule has 1 aliphatic carbocycles. The van der Waals surface area contributed by atoms with Gasteiger partial charge in [0.1, 0.15) is 12.0 Å². The van der Waals surface area contributed by atoms with E-state index in [1.807, 2.05) is 6.92 Å². The lowest BCUT2D eigenvalue weighted by molar-refractivity contribution is 0.674. The predicted octanol–water partition coefficient (Wildman–Crippen LogP) is 1.50. The first kappa shape index (κ1) is 12.0. The number of hydrogen-bond acceptors (Lipinski definition) is 4. The lowest BCUT2D eigenvalue weighted by Crippen LogP contribution is -2.18. The number of hydrogen-bond donors (Lipinski definition) is 2. The highest BCUT2D eigenvalue weighted by Gasteiger charge is 2.24. The molecule has 3 N–H and O–H groups in total. The van der Waals surface area contributed by atoms with Gasteiger partial charge in [-0.15, -0.1) is 0 Å². The lowest BCUT2D eigenvalue weighted by atomic mass is 10.0. The van der Waals surface area contributed by atoms with Gasteiger partial charge in [-0.1, -0.05) is 12.8 Å². The summed E-state index contributed by atoms with van der Waals surface area (Å²) in [5, 5.41) is 3.12. The van der Waals surface area contributed by atoms with Crippen molar-refractivity contribution in [3.63, 3.8) is 0 Å². The third kappa shape index (κ3) is 2.03. The second-order valence-electron chi connectivity index (χ2n) is 5.08. The maximum atomic E-state index is 12.2. The van der Waals surface area contributed by atoms with Crippen LogP contribution in [0.4, 0.5) is 5.69 Å². The number of nitrogens with one attached hydrogen (secondary N) is 1. The molecule has 0 aromatic carbocycles. The first-order valence-electron chi connectivity index (χ1n) is 6.56. The van der Waals surface area contributed by atoms with Crippen LogP contribution in [-0.4, -0.2) is 19.7 Å². The number of rotatable bonds is 2. The van der Waals surface area contributed by atoms with Crippen LogP contribution < -0.4 is 11.3 Å². The Kier molecular flexibility index (Phi) is 2.85. The van der Waals surface area contributed by atoms with Crippen LogP contribution in [0.3, 0.4) is 0 Å². The minimum Gasteiger partial charge on any atom is -0.393 e. The van der Waals surface area contributed by atoms with Gasteiger partial charge in [-0.3, -0.25) is 9.89 Å². The van der Waals surface area contributed by atoms with Crippen molar-refractivity contribution in [2.45, 2.75) is 38.5 Å². The number of nitrogen functional groups attached to an aromatic ring is 1. The van der Waals surface area contributed by atoms with E-state index in [2.05, 4.69) is 15.1 Å². The van der Waals surface area contributed by atoms with Gasteiger partial charge in [0.25, 0.3) is 5.56 Å². The van der Waals surface area contributed by atoms with Crippen LogP contribution in [0.2, 0.25) is 0 Å². The maximum absolute atomic E-state index is 12.2. The zero-order chi connectivity index (χ0) is 13.4. The van der Waals surface area contributed by atoms with Crippen LogP contribution in [0.1, 0.15) is 43.0 Å². The first-order valence-corrected chi connectivity index (χ1v) is 6.56. The fraction of sp³-hybridized carbons (Fsp3) is 0.462. The van der Waals surface area contributed by atoms with Gasteiger partial charge < -0.3 is 5.73 Å². The molecule has 1 fully saturated rings. The van der Waals surface area contributed by atoms with Gasteiger partial charge >= 0.3 is 0 Å². The molecule has 2 aromatic rings. The molecule has 0 aliphatic heterocycles. The van der Waals surface area contributed by atoms with Gasteiger partial charge in [-0.25, -0.2) is 9.97 Å². The fourth-order valence-electron chi connectivity index (χ4n) is 2.72. The molecule has 2 heterocycles. The number of aryl methyl sites for hydroxylation is 1. The van der Waals surface area contributed by atoms with Gasteiger partial charge in [-0.2, -0.15) is 4.68 Å². The summed E-state index contributed by atoms with van der Waals surface area (Å²) < 4.78 is 1.41. The van der Waals surface area contributed by atoms with Crippen molar-refractivity contribution in [2.75, 3.05) is 5.73 Å². The number of nitrogens with zero attached hydrogens (tertiary/aromatic N) is 3. The van der Waals surface area contributed by atoms with E-state index in [4.69, 9.17) is 5.73 Å². The third-order valence-electron chi connectivity index (χ3n) is 3.74. The standard InChI is InChI=1S/C13H17N5O/c1-8-6-10(16-7-15-8)18-13(19)11(14)12(17-18)9-4-2-3-5-9/h6-7,9,17H,2-5,14H2,1H3. The predicted molar refractivity (Wildman–Crippen MR) is 72.3 cm³/mol. The molecule has 0 saturated heterocycles. The summed E-state index contributed by atoms with van der Waals surface area (Å²) in [6, 6.07) is 1.76. The maximum Gasteiger partial charge on any atom is 0.296 e. The number of aromatic nitrogens is 4. The number of nitrogens with two attached hydrogens (primary N) is 1. The molecule has 2 aromatic heterocycles. The van der Waals surface area contributed by atoms with Crippen molar-refractivity contribution in [1.29, 1.82) is 0 Å². The summed E-state index contributed by atoms with van der Waals surface area (Å²) in [7, 11) is 0. The second-order valence-corrected chi connectivity index (χ2v) is 5.08. The van der Waals surface area contributed by atoms with Crippen molar-refractivity contribution in [3.05, 3.63) is 34.1 Å². The average molecular weight is 259 g/mol. The molecular formula is C13H17N5O. The van der Waals surface area contributed by atoms with E-state index < -0.39 is 0 Å². The molecule has 0 bridgehead atoms. The molecule has 0 atom stereocenters. The minimum atomic E-state index is -0.222. The molecule has 100 valence electrons. The molecule has 6 heteroatoms. The van der Waals surface area contributed by atoms with Gasteiger partial charge in [0, 0.05) is 17.7 Å². The minimum absolute atomic E-state index is 0.222. The Morgan fingerprint density at radius 1 is 1.37 bits per heavy atom. The van der Waals surface area contributed by atoms with Crippen molar-refractivity contribution in [3.8, 4) is 5.82 Å². The molecule has 1 aliphatic rings. The molecular weight excluding hydrogens is 242 g/mol. The highest BCUT2D eigenvalue weighted by molar-refractivity contribution is 5.45. The Labute approximate surface area is 110 Å². The van der Waals surface area contributed by atoms with E-state index in [9.17, 15) is 4.79 Å². The van der Waals surface area contributed by atoms with Gasteiger partial charge in [0.2, 0.25) is 0 Å². The summed E-state index contributed by atoms with van der Waals surface area (Å²) in [6.07, 6.45) is 6.02. The molecule has 1 saturated carbocycles. The zero-order valence-corrected chi connectivity index (χ0v) is 10.9. The molecule has 0 spiro atoms. The summed E-state index contributed by atoms with van der Waals surface area (Å²) >= 11 is 0. The summed E-state index contributed by atoms with van der Waals surface area (Å²) in [6.45, 7) is 1.86. The molecule has 0 unspecified atom stereocenters. The summed E-state index contributed by atoms with van der Waals surface area (Å²) in [5.41, 5.74) is 7.72. The van der Waals surface area contributed by atoms with Crippen LogP contribution >= 0.6 is 0 Å². The Morgan fingerprint density at radius 2 is 2.11 bits per heavy atom. The van der Waals surface area contributed by atoms with E-state index in [0.717, 1.165) is 24.2 Å². The zero-order valence-electron chi connectivity index (χ0n) is 10.9. The lowest BCUT2D eigenvalue weighted by Gasteiger charge is -2.06. The molecule has 0 amide bonds. The van der Waals surface area contributed by atoms with Crippen LogP contribution in [-0.2, 0) is 0 Å². The highest BCUT2D eigenvalue weighted by atomic mass is 16.1. The van der Waals surface area contributed by atoms with Gasteiger partial charge in [-0.05, 0) is 19.8 Å². The monoisotopic (exact) mass is 259 g/mol. The number of anilines is 1. The quantitative estimate of drug-likeness (QED) is 0.855. The molecule has 6 nitrogen and oxygen atoms in total. The first-order chi connectivity index (χ1) is 9.16. The molecule has 3 rings (SSSR count). The van der Waals surface area contributed by atoms with Crippen LogP contribution in [0.25, 0.3) is 5.82 Å². The van der Waals surface area contributed by atoms with E-state index in [1.165, 1.54) is 23.9 Å². The van der Waals surface area contributed by atoms with E-state index in [0.29, 0.717) is 17.4 Å². The van der Waals surface area contributed by atoms with E-state index >= 15 is 0 Å².